The molecule has 0 aromatic rings. The molecule has 1 radical (unpaired) electrons. The van der Waals surface area contributed by atoms with E-state index in [-0.39, 0.29) is 5.77 Å². The second-order valence-corrected chi connectivity index (χ2v) is 2.10. The molecule has 2 N–H and O–H groups in total. The Kier molecular flexibility index (Phi) is 2.11. The fraction of sp³-hybridized carbons (Fsp3) is 0.800. The average molecular weight is 125 g/mol. The molecule has 4 heteroatoms. The summed E-state index contributed by atoms with van der Waals surface area (Å²) in [6.07, 6.45) is 0. The van der Waals surface area contributed by atoms with E-state index in [1.165, 1.54) is 0 Å². The third kappa shape index (κ3) is 1.71. The van der Waals surface area contributed by atoms with Crippen molar-refractivity contribution < 1.29 is 5.11 Å². The molecule has 1 saturated heterocycles. The van der Waals surface area contributed by atoms with Gasteiger partial charge in [0.25, 0.3) is 0 Å². The fourth-order valence-electron chi connectivity index (χ4n) is 0.894. The molecule has 0 aromatic carbocycles. The molecule has 1 fully saturated rings. The number of rotatable bonds is 1. The van der Waals surface area contributed by atoms with Gasteiger partial charge < -0.3 is 0 Å². The molecule has 0 atom stereocenters. The van der Waals surface area contributed by atoms with Gasteiger partial charge in [0.1, 0.15) is 0 Å². The summed E-state index contributed by atoms with van der Waals surface area (Å²) >= 11 is 0. The quantitative estimate of drug-likeness (QED) is 0.419. The number of aliphatic hydroxyl groups is 1. The average Bonchev–Trinajstić information content (AvgIpc) is 1.90. The molecule has 1 aliphatic heterocycles. The molecule has 0 aromatic heterocycles. The minimum atomic E-state index is -0.0588. The standard InChI is InChI=1S/C5H10BN2O/c6-5(9)8-3-1-7-2-4-8/h7,9H,1-4H2. The van der Waals surface area contributed by atoms with E-state index < -0.39 is 0 Å². The molecule has 3 nitrogen and oxygen atoms in total. The van der Waals surface area contributed by atoms with Gasteiger partial charge in [-0.3, -0.25) is 0 Å². The molecule has 1 rings (SSSR count). The Labute approximate surface area is 55.7 Å². The van der Waals surface area contributed by atoms with Crippen molar-refractivity contribution in [2.45, 2.75) is 0 Å². The zero-order valence-electron chi connectivity index (χ0n) is 5.30. The van der Waals surface area contributed by atoms with Crippen LogP contribution in [0.25, 0.3) is 0 Å². The van der Waals surface area contributed by atoms with E-state index in [9.17, 15) is 0 Å². The van der Waals surface area contributed by atoms with Gasteiger partial charge in [-0.15, -0.1) is 0 Å². The number of piperazine rings is 1. The van der Waals surface area contributed by atoms with Crippen LogP contribution >= 0.6 is 0 Å². The summed E-state index contributed by atoms with van der Waals surface area (Å²) in [7, 11) is 5.14. The van der Waals surface area contributed by atoms with Crippen LogP contribution in [0.2, 0.25) is 0 Å². The van der Waals surface area contributed by atoms with Crippen molar-refractivity contribution in [2.75, 3.05) is 26.2 Å². The molecular weight excluding hydrogens is 115 g/mol. The summed E-state index contributed by atoms with van der Waals surface area (Å²) in [5.74, 6) is -0.0588. The van der Waals surface area contributed by atoms with E-state index in [0.717, 1.165) is 26.2 Å². The van der Waals surface area contributed by atoms with Gasteiger partial charge in [-0.05, 0) is 0 Å². The first-order chi connectivity index (χ1) is 4.30. The molecule has 0 aliphatic carbocycles. The van der Waals surface area contributed by atoms with E-state index in [2.05, 4.69) is 5.32 Å². The van der Waals surface area contributed by atoms with Crippen molar-refractivity contribution in [3.63, 3.8) is 0 Å². The van der Waals surface area contributed by atoms with Crippen molar-refractivity contribution >= 4 is 13.3 Å². The molecule has 0 spiro atoms. The number of nitrogens with one attached hydrogen (secondary N) is 1. The molecule has 49 valence electrons. The van der Waals surface area contributed by atoms with E-state index in [4.69, 9.17) is 12.6 Å². The van der Waals surface area contributed by atoms with Gasteiger partial charge in [0, 0.05) is 0 Å². The zero-order chi connectivity index (χ0) is 6.69. The minimum absolute atomic E-state index is 0.0588. The Morgan fingerprint density at radius 1 is 1.44 bits per heavy atom. The Morgan fingerprint density at radius 2 is 2.00 bits per heavy atom. The van der Waals surface area contributed by atoms with Gasteiger partial charge in [0.05, 0.1) is 0 Å². The van der Waals surface area contributed by atoms with E-state index in [1.807, 2.05) is 0 Å². The molecular formula is C5H10BN2O. The second kappa shape index (κ2) is 2.87. The van der Waals surface area contributed by atoms with Crippen LogP contribution in [-0.4, -0.2) is 49.4 Å². The second-order valence-electron chi connectivity index (χ2n) is 2.10. The first kappa shape index (κ1) is 6.61. The maximum atomic E-state index is 8.77. The number of hydrogen-bond acceptors (Lipinski definition) is 3. The van der Waals surface area contributed by atoms with Crippen LogP contribution in [0.4, 0.5) is 0 Å². The first-order valence-electron chi connectivity index (χ1n) is 3.08. The van der Waals surface area contributed by atoms with E-state index in [0.29, 0.717) is 0 Å². The Morgan fingerprint density at radius 3 is 2.33 bits per heavy atom. The summed E-state index contributed by atoms with van der Waals surface area (Å²) in [6.45, 7) is 3.42. The van der Waals surface area contributed by atoms with Crippen LogP contribution in [0.5, 0.6) is 0 Å². The van der Waals surface area contributed by atoms with Gasteiger partial charge in [-0.25, -0.2) is 0 Å². The summed E-state index contributed by atoms with van der Waals surface area (Å²) in [6, 6.07) is 0. The van der Waals surface area contributed by atoms with Gasteiger partial charge in [-0.1, -0.05) is 0 Å². The van der Waals surface area contributed by atoms with Crippen molar-refractivity contribution in [1.29, 1.82) is 0 Å². The monoisotopic (exact) mass is 125 g/mol. The summed E-state index contributed by atoms with van der Waals surface area (Å²) in [5, 5.41) is 11.9. The fourth-order valence-corrected chi connectivity index (χ4v) is 0.894. The molecule has 0 amide bonds. The van der Waals surface area contributed by atoms with Gasteiger partial charge in [-0.2, -0.15) is 0 Å². The number of hydrogen-bond donors (Lipinski definition) is 2. The van der Waals surface area contributed by atoms with Crippen molar-refractivity contribution in [3.8, 4) is 0 Å². The van der Waals surface area contributed by atoms with Crippen LogP contribution in [0, 0.1) is 0 Å². The SMILES string of the molecule is [B]=C(O)N1CCNCC1. The number of aliphatic hydroxyl groups excluding tert-OH is 1. The first-order valence-corrected chi connectivity index (χ1v) is 3.08. The summed E-state index contributed by atoms with van der Waals surface area (Å²) in [5.41, 5.74) is 0. The molecule has 0 saturated carbocycles. The molecule has 9 heavy (non-hydrogen) atoms. The van der Waals surface area contributed by atoms with Crippen LogP contribution in [-0.2, 0) is 0 Å². The molecule has 0 unspecified atom stereocenters. The van der Waals surface area contributed by atoms with Crippen LogP contribution in [0.15, 0.2) is 0 Å². The number of nitrogens with zero attached hydrogens (tertiary/aromatic N) is 1. The van der Waals surface area contributed by atoms with Crippen LogP contribution in [0.3, 0.4) is 0 Å². The predicted molar refractivity (Wildman–Crippen MR) is 37.1 cm³/mol. The molecule has 1 aliphatic rings. The van der Waals surface area contributed by atoms with Crippen LogP contribution in [0.1, 0.15) is 0 Å². The van der Waals surface area contributed by atoms with E-state index >= 15 is 0 Å². The Bertz CT molecular complexity index is 112. The van der Waals surface area contributed by atoms with Crippen molar-refractivity contribution in [2.24, 2.45) is 0 Å². The molecule has 1 heterocycles. The summed E-state index contributed by atoms with van der Waals surface area (Å²) < 4.78 is 0. The third-order valence-corrected chi connectivity index (χ3v) is 1.44. The predicted octanol–water partition coefficient (Wildman–Crippen LogP) is -1.48. The van der Waals surface area contributed by atoms with E-state index in [1.54, 1.807) is 4.90 Å². The van der Waals surface area contributed by atoms with Crippen molar-refractivity contribution in [1.82, 2.24) is 10.2 Å². The Balaban J connectivity index is 2.31. The normalized spacial score (nSPS) is 19.7. The maximum absolute atomic E-state index is 8.77. The summed E-state index contributed by atoms with van der Waals surface area (Å²) in [4.78, 5) is 1.75. The van der Waals surface area contributed by atoms with Gasteiger partial charge in [0.2, 0.25) is 0 Å². The van der Waals surface area contributed by atoms with Crippen LogP contribution < -0.4 is 5.32 Å². The zero-order valence-corrected chi connectivity index (χ0v) is 5.30. The van der Waals surface area contributed by atoms with Crippen molar-refractivity contribution in [3.05, 3.63) is 0 Å². The van der Waals surface area contributed by atoms with Gasteiger partial charge in [0.15, 0.2) is 0 Å². The molecule has 0 bridgehead atoms. The topological polar surface area (TPSA) is 35.5 Å². The third-order valence-electron chi connectivity index (χ3n) is 1.44. The van der Waals surface area contributed by atoms with Gasteiger partial charge >= 0.3 is 54.8 Å². The Hall–Kier alpha value is -0.505.